The van der Waals surface area contributed by atoms with Crippen LogP contribution in [0, 0.1) is 0 Å². The molecule has 0 N–H and O–H groups in total. The molecule has 0 aromatic heterocycles. The van der Waals surface area contributed by atoms with Crippen molar-refractivity contribution in [2.75, 3.05) is 20.7 Å². The molecule has 1 aliphatic carbocycles. The number of nitrogens with zero attached hydrogens (tertiary/aromatic N) is 2. The van der Waals surface area contributed by atoms with Gasteiger partial charge < -0.3 is 9.64 Å². The van der Waals surface area contributed by atoms with Crippen molar-refractivity contribution in [1.82, 2.24) is 9.21 Å². The number of ether oxygens (including phenoxy) is 1. The summed E-state index contributed by atoms with van der Waals surface area (Å²) < 4.78 is 33.7. The molecule has 27 heavy (non-hydrogen) atoms. The highest BCUT2D eigenvalue weighted by Gasteiger charge is 2.40. The Hall–Kier alpha value is -2.57. The van der Waals surface area contributed by atoms with Crippen LogP contribution < -0.4 is 0 Å². The fraction of sp³-hybridized carbons (Fsp3) is 0.238. The Morgan fingerprint density at radius 1 is 1.26 bits per heavy atom. The molecule has 0 saturated heterocycles. The maximum Gasteiger partial charge on any atom is 0.268 e. The molecule has 1 aromatic rings. The number of benzene rings is 1. The molecule has 140 valence electrons. The van der Waals surface area contributed by atoms with Crippen LogP contribution in [0.3, 0.4) is 0 Å². The number of hydrogen-bond acceptors (Lipinski definition) is 4. The second-order valence-corrected chi connectivity index (χ2v) is 8.78. The fourth-order valence-electron chi connectivity index (χ4n) is 3.93. The molecule has 1 atom stereocenters. The molecular weight excluding hydrogens is 360 g/mol. The molecule has 2 aliphatic heterocycles. The quantitative estimate of drug-likeness (QED) is 0.803. The van der Waals surface area contributed by atoms with Crippen LogP contribution in [0.25, 0.3) is 0 Å². The summed E-state index contributed by atoms with van der Waals surface area (Å²) >= 11 is 0. The van der Waals surface area contributed by atoms with Crippen LogP contribution in [0.4, 0.5) is 0 Å². The Morgan fingerprint density at radius 2 is 2.00 bits per heavy atom. The molecule has 1 unspecified atom stereocenters. The average Bonchev–Trinajstić information content (AvgIpc) is 2.92. The number of likely N-dealkylation sites (N-methyl/N-ethyl adjacent to an activating group) is 1. The maximum absolute atomic E-state index is 13.3. The lowest BCUT2D eigenvalue weighted by Crippen LogP contribution is -2.30. The van der Waals surface area contributed by atoms with Gasteiger partial charge in [0.2, 0.25) is 0 Å². The van der Waals surface area contributed by atoms with Gasteiger partial charge in [-0.25, -0.2) is 12.7 Å². The second-order valence-electron chi connectivity index (χ2n) is 6.96. The normalized spacial score (nSPS) is 21.8. The average molecular weight is 382 g/mol. The van der Waals surface area contributed by atoms with Gasteiger partial charge in [0.15, 0.2) is 0 Å². The van der Waals surface area contributed by atoms with Crippen molar-refractivity contribution in [2.45, 2.75) is 17.4 Å². The van der Waals surface area contributed by atoms with E-state index < -0.39 is 10.0 Å². The first-order valence-corrected chi connectivity index (χ1v) is 10.2. The van der Waals surface area contributed by atoms with Crippen molar-refractivity contribution >= 4 is 10.0 Å². The van der Waals surface area contributed by atoms with Crippen molar-refractivity contribution < 1.29 is 13.2 Å². The maximum atomic E-state index is 13.3. The van der Waals surface area contributed by atoms with E-state index in [9.17, 15) is 8.42 Å². The van der Waals surface area contributed by atoms with Gasteiger partial charge in [-0.05, 0) is 61.5 Å². The Balaban J connectivity index is 1.93. The first-order chi connectivity index (χ1) is 12.9. The van der Waals surface area contributed by atoms with Gasteiger partial charge in [-0.1, -0.05) is 24.8 Å². The molecule has 6 heteroatoms. The molecule has 0 spiro atoms. The second kappa shape index (κ2) is 6.55. The van der Waals surface area contributed by atoms with Gasteiger partial charge in [-0.15, -0.1) is 0 Å². The summed E-state index contributed by atoms with van der Waals surface area (Å²) in [6.07, 6.45) is 7.53. The molecule has 0 fully saturated rings. The lowest BCUT2D eigenvalue weighted by molar-refractivity contribution is 0.248. The van der Waals surface area contributed by atoms with Crippen LogP contribution in [-0.2, 0) is 14.8 Å². The molecule has 4 rings (SSSR count). The molecule has 0 amide bonds. The van der Waals surface area contributed by atoms with Crippen LogP contribution in [-0.4, -0.2) is 44.4 Å². The van der Waals surface area contributed by atoms with Crippen molar-refractivity contribution in [1.29, 1.82) is 0 Å². The van der Waals surface area contributed by atoms with Crippen LogP contribution in [0.1, 0.15) is 6.42 Å². The van der Waals surface area contributed by atoms with Gasteiger partial charge >= 0.3 is 0 Å². The van der Waals surface area contributed by atoms with Crippen molar-refractivity contribution in [3.8, 4) is 0 Å². The molecule has 2 heterocycles. The Morgan fingerprint density at radius 3 is 2.67 bits per heavy atom. The van der Waals surface area contributed by atoms with Crippen LogP contribution in [0.15, 0.2) is 94.4 Å². The summed E-state index contributed by atoms with van der Waals surface area (Å²) in [4.78, 5) is 2.40. The minimum atomic E-state index is -3.73. The molecule has 0 radical (unpaired) electrons. The van der Waals surface area contributed by atoms with Crippen LogP contribution in [0.5, 0.6) is 0 Å². The van der Waals surface area contributed by atoms with E-state index in [0.717, 1.165) is 23.1 Å². The van der Waals surface area contributed by atoms with Crippen molar-refractivity contribution in [3.05, 3.63) is 89.5 Å². The number of allylic oxidation sites excluding steroid dienone is 4. The van der Waals surface area contributed by atoms with Gasteiger partial charge in [0.25, 0.3) is 10.0 Å². The summed E-state index contributed by atoms with van der Waals surface area (Å²) in [5.41, 5.74) is 4.76. The van der Waals surface area contributed by atoms with Gasteiger partial charge in [0.05, 0.1) is 16.9 Å². The van der Waals surface area contributed by atoms with Gasteiger partial charge in [0.1, 0.15) is 6.61 Å². The third-order valence-corrected chi connectivity index (χ3v) is 6.90. The summed E-state index contributed by atoms with van der Waals surface area (Å²) in [5, 5.41) is 0. The Labute approximate surface area is 160 Å². The number of sulfonamides is 1. The standard InChI is InChI=1S/C21H22N2O3S/c1-4-19-17-12-20(22(2)3)18-14-26-11-10-15(21(17)18)13-23(19)27(24,25)16-8-6-5-7-9-16/h4-11,13,20H,1,12,14H2,2-3H3. The van der Waals surface area contributed by atoms with Gasteiger partial charge in [-0.2, -0.15) is 0 Å². The van der Waals surface area contributed by atoms with E-state index in [4.69, 9.17) is 4.74 Å². The monoisotopic (exact) mass is 382 g/mol. The van der Waals surface area contributed by atoms with Crippen LogP contribution >= 0.6 is 0 Å². The highest BCUT2D eigenvalue weighted by molar-refractivity contribution is 7.89. The lowest BCUT2D eigenvalue weighted by atomic mass is 9.95. The van der Waals surface area contributed by atoms with Crippen molar-refractivity contribution in [3.63, 3.8) is 0 Å². The third-order valence-electron chi connectivity index (χ3n) is 5.21. The minimum absolute atomic E-state index is 0.174. The van der Waals surface area contributed by atoms with E-state index >= 15 is 0 Å². The highest BCUT2D eigenvalue weighted by Crippen LogP contribution is 2.46. The summed E-state index contributed by atoms with van der Waals surface area (Å²) in [6, 6.07) is 8.65. The third kappa shape index (κ3) is 2.76. The van der Waals surface area contributed by atoms with Crippen LogP contribution in [0.2, 0.25) is 0 Å². The molecule has 0 saturated carbocycles. The summed E-state index contributed by atoms with van der Waals surface area (Å²) in [5.74, 6) is 0. The zero-order valence-electron chi connectivity index (χ0n) is 15.4. The van der Waals surface area contributed by atoms with E-state index in [2.05, 4.69) is 11.5 Å². The lowest BCUT2D eigenvalue weighted by Gasteiger charge is -2.29. The predicted octanol–water partition coefficient (Wildman–Crippen LogP) is 3.19. The zero-order chi connectivity index (χ0) is 19.2. The van der Waals surface area contributed by atoms with E-state index in [1.165, 1.54) is 9.88 Å². The van der Waals surface area contributed by atoms with Gasteiger partial charge in [-0.3, -0.25) is 0 Å². The summed E-state index contributed by atoms with van der Waals surface area (Å²) in [6.45, 7) is 4.42. The molecular formula is C21H22N2O3S. The fourth-order valence-corrected chi connectivity index (χ4v) is 5.36. The predicted molar refractivity (Wildman–Crippen MR) is 105 cm³/mol. The van der Waals surface area contributed by atoms with Gasteiger partial charge in [0, 0.05) is 17.8 Å². The topological polar surface area (TPSA) is 49.9 Å². The summed E-state index contributed by atoms with van der Waals surface area (Å²) in [7, 11) is 0.332. The first-order valence-electron chi connectivity index (χ1n) is 8.80. The number of hydrogen-bond donors (Lipinski definition) is 0. The molecule has 1 aromatic carbocycles. The molecule has 5 nitrogen and oxygen atoms in total. The number of rotatable bonds is 4. The Kier molecular flexibility index (Phi) is 4.32. The first kappa shape index (κ1) is 17.8. The van der Waals surface area contributed by atoms with E-state index in [0.29, 0.717) is 12.3 Å². The van der Waals surface area contributed by atoms with E-state index in [1.54, 1.807) is 48.9 Å². The zero-order valence-corrected chi connectivity index (χ0v) is 16.2. The van der Waals surface area contributed by atoms with E-state index in [1.807, 2.05) is 20.2 Å². The molecule has 0 bridgehead atoms. The minimum Gasteiger partial charge on any atom is -0.497 e. The smallest absolute Gasteiger partial charge is 0.268 e. The Bertz CT molecular complexity index is 1010. The largest absolute Gasteiger partial charge is 0.497 e. The highest BCUT2D eigenvalue weighted by atomic mass is 32.2. The van der Waals surface area contributed by atoms with E-state index in [-0.39, 0.29) is 10.9 Å². The molecule has 3 aliphatic rings. The van der Waals surface area contributed by atoms with Crippen molar-refractivity contribution in [2.24, 2.45) is 0 Å². The SMILES string of the molecule is C=CC1=C2CC(N(C)C)C3=C2C(=CN1S(=O)(=O)c1ccccc1)C=COC3.